The van der Waals surface area contributed by atoms with E-state index in [1.54, 1.807) is 12.1 Å². The molecule has 0 saturated carbocycles. The van der Waals surface area contributed by atoms with Crippen LogP contribution < -0.4 is 9.47 Å². The van der Waals surface area contributed by atoms with Gasteiger partial charge < -0.3 is 13.9 Å². The van der Waals surface area contributed by atoms with E-state index in [4.69, 9.17) is 13.9 Å². The van der Waals surface area contributed by atoms with Crippen LogP contribution in [0.25, 0.3) is 0 Å². The van der Waals surface area contributed by atoms with Gasteiger partial charge in [-0.3, -0.25) is 0 Å². The zero-order valence-electron chi connectivity index (χ0n) is 13.2. The predicted molar refractivity (Wildman–Crippen MR) is 81.6 cm³/mol. The Balaban J connectivity index is 3.05. The summed E-state index contributed by atoms with van der Waals surface area (Å²) < 4.78 is 31.0. The summed E-state index contributed by atoms with van der Waals surface area (Å²) in [5.74, 6) is 0.00212. The highest BCUT2D eigenvalue weighted by Crippen LogP contribution is 2.30. The van der Waals surface area contributed by atoms with E-state index in [-0.39, 0.29) is 23.7 Å². The molecule has 0 aliphatic heterocycles. The van der Waals surface area contributed by atoms with Gasteiger partial charge in [-0.1, -0.05) is 0 Å². The molecule has 0 N–H and O–H groups in total. The number of rotatable bonds is 7. The van der Waals surface area contributed by atoms with Gasteiger partial charge in [-0.05, 0) is 58.5 Å². The Bertz CT molecular complexity index is 402. The molecule has 0 atom stereocenters. The first-order valence-electron chi connectivity index (χ1n) is 7.07. The van der Waals surface area contributed by atoms with Crippen LogP contribution in [0.2, 0.25) is 13.1 Å². The first-order valence-corrected chi connectivity index (χ1v) is 9.85. The lowest BCUT2D eigenvalue weighted by Gasteiger charge is -2.17. The molecule has 1 rings (SSSR count). The molecule has 0 amide bonds. The molecule has 0 aromatic heterocycles. The van der Waals surface area contributed by atoms with Gasteiger partial charge in [0.25, 0.3) is 0 Å². The van der Waals surface area contributed by atoms with Crippen molar-refractivity contribution in [3.05, 3.63) is 23.5 Å². The van der Waals surface area contributed by atoms with Crippen LogP contribution in [-0.4, -0.2) is 21.2 Å². The number of hydrogen-bond donors (Lipinski definition) is 0. The van der Waals surface area contributed by atoms with Crippen LogP contribution in [0.1, 0.15) is 33.3 Å². The molecular formula is C15H25FO3Si. The van der Waals surface area contributed by atoms with Crippen LogP contribution in [-0.2, 0) is 11.0 Å². The van der Waals surface area contributed by atoms with Gasteiger partial charge >= 0.3 is 0 Å². The van der Waals surface area contributed by atoms with Gasteiger partial charge in [0, 0.05) is 0 Å². The van der Waals surface area contributed by atoms with Crippen molar-refractivity contribution in [1.82, 2.24) is 0 Å². The van der Waals surface area contributed by atoms with Gasteiger partial charge in [-0.25, -0.2) is 0 Å². The summed E-state index contributed by atoms with van der Waals surface area (Å²) in [5.41, 5.74) is 0.874. The molecule has 1 aromatic rings. The lowest BCUT2D eigenvalue weighted by Crippen LogP contribution is -2.12. The summed E-state index contributed by atoms with van der Waals surface area (Å²) in [7, 11) is -1.12. The van der Waals surface area contributed by atoms with Gasteiger partial charge in [0.15, 0.2) is 20.5 Å². The van der Waals surface area contributed by atoms with E-state index in [2.05, 4.69) is 13.1 Å². The molecule has 3 nitrogen and oxygen atoms in total. The summed E-state index contributed by atoms with van der Waals surface area (Å²) in [6.45, 7) is 12.1. The fraction of sp³-hybridized carbons (Fsp3) is 0.600. The van der Waals surface area contributed by atoms with Crippen molar-refractivity contribution >= 4 is 9.04 Å². The molecule has 5 heteroatoms. The highest BCUT2D eigenvalue weighted by Gasteiger charge is 2.16. The van der Waals surface area contributed by atoms with E-state index in [1.165, 1.54) is 0 Å². The van der Waals surface area contributed by atoms with Crippen LogP contribution in [0.3, 0.4) is 0 Å². The quantitative estimate of drug-likeness (QED) is 0.715. The van der Waals surface area contributed by atoms with Gasteiger partial charge in [0.1, 0.15) is 0 Å². The minimum absolute atomic E-state index is 0.0907. The Morgan fingerprint density at radius 2 is 1.45 bits per heavy atom. The zero-order chi connectivity index (χ0) is 15.3. The van der Waals surface area contributed by atoms with Gasteiger partial charge in [-0.2, -0.15) is 4.39 Å². The highest BCUT2D eigenvalue weighted by atomic mass is 28.3. The van der Waals surface area contributed by atoms with Gasteiger partial charge in [0.05, 0.1) is 18.8 Å². The standard InChI is InChI=1S/C15H25FO3Si/c1-10(2)18-13-7-12(9-17-20(5)6)8-14(15(13)16)19-11(3)4/h7-8,10-11,20H,9H2,1-6H3. The van der Waals surface area contributed by atoms with Crippen LogP contribution in [0, 0.1) is 5.82 Å². The maximum Gasteiger partial charge on any atom is 0.206 e. The number of halogens is 1. The Hall–Kier alpha value is -1.07. The Kier molecular flexibility index (Phi) is 6.49. The maximum absolute atomic E-state index is 14.3. The average molecular weight is 300 g/mol. The van der Waals surface area contributed by atoms with Crippen LogP contribution >= 0.6 is 0 Å². The first-order chi connectivity index (χ1) is 9.29. The first kappa shape index (κ1) is 17.0. The van der Waals surface area contributed by atoms with Crippen molar-refractivity contribution in [1.29, 1.82) is 0 Å². The summed E-state index contributed by atoms with van der Waals surface area (Å²) in [6.07, 6.45) is -0.181. The van der Waals surface area contributed by atoms with Crippen molar-refractivity contribution in [3.63, 3.8) is 0 Å². The molecule has 0 unspecified atom stereocenters. The van der Waals surface area contributed by atoms with Crippen molar-refractivity contribution < 1.29 is 18.3 Å². The normalized spacial score (nSPS) is 11.5. The third-order valence-corrected chi connectivity index (χ3v) is 3.21. The van der Waals surface area contributed by atoms with Crippen LogP contribution in [0.4, 0.5) is 4.39 Å². The Labute approximate surface area is 122 Å². The lowest BCUT2D eigenvalue weighted by atomic mass is 10.2. The zero-order valence-corrected chi connectivity index (χ0v) is 14.4. The average Bonchev–Trinajstić information content (AvgIpc) is 2.30. The van der Waals surface area contributed by atoms with Crippen molar-refractivity contribution in [2.45, 2.75) is 59.6 Å². The molecule has 0 radical (unpaired) electrons. The SMILES string of the molecule is CC(C)Oc1cc(CO[SiH](C)C)cc(OC(C)C)c1F. The Morgan fingerprint density at radius 1 is 1.00 bits per heavy atom. The molecule has 0 fully saturated rings. The van der Waals surface area contributed by atoms with Gasteiger partial charge in [0.2, 0.25) is 5.82 Å². The second kappa shape index (κ2) is 7.64. The second-order valence-corrected chi connectivity index (χ2v) is 8.03. The van der Waals surface area contributed by atoms with E-state index in [1.807, 2.05) is 27.7 Å². The van der Waals surface area contributed by atoms with Crippen LogP contribution in [0.5, 0.6) is 11.5 Å². The predicted octanol–water partition coefficient (Wildman–Crippen LogP) is 3.90. The smallest absolute Gasteiger partial charge is 0.206 e. The maximum atomic E-state index is 14.3. The summed E-state index contributed by atoms with van der Waals surface area (Å²) in [4.78, 5) is 0. The van der Waals surface area contributed by atoms with E-state index in [9.17, 15) is 4.39 Å². The molecule has 0 spiro atoms. The third-order valence-electron chi connectivity index (χ3n) is 2.37. The lowest BCUT2D eigenvalue weighted by molar-refractivity contribution is 0.207. The molecule has 0 aliphatic rings. The molecule has 20 heavy (non-hydrogen) atoms. The summed E-state index contributed by atoms with van der Waals surface area (Å²) in [6, 6.07) is 3.39. The summed E-state index contributed by atoms with van der Waals surface area (Å²) >= 11 is 0. The highest BCUT2D eigenvalue weighted by molar-refractivity contribution is 6.48. The van der Waals surface area contributed by atoms with Gasteiger partial charge in [-0.15, -0.1) is 0 Å². The van der Waals surface area contributed by atoms with E-state index >= 15 is 0 Å². The molecule has 0 heterocycles. The second-order valence-electron chi connectivity index (χ2n) is 5.60. The topological polar surface area (TPSA) is 27.7 Å². The summed E-state index contributed by atoms with van der Waals surface area (Å²) in [5, 5.41) is 0. The van der Waals surface area contributed by atoms with Crippen molar-refractivity contribution in [2.24, 2.45) is 0 Å². The largest absolute Gasteiger partial charge is 0.488 e. The fourth-order valence-corrected chi connectivity index (χ4v) is 2.18. The molecule has 0 aliphatic carbocycles. The number of hydrogen-bond acceptors (Lipinski definition) is 3. The third kappa shape index (κ3) is 5.51. The molecule has 0 saturated heterocycles. The van der Waals surface area contributed by atoms with E-state index in [0.717, 1.165) is 5.56 Å². The Morgan fingerprint density at radius 3 is 1.80 bits per heavy atom. The van der Waals surface area contributed by atoms with E-state index < -0.39 is 14.9 Å². The molecule has 1 aromatic carbocycles. The minimum Gasteiger partial charge on any atom is -0.488 e. The van der Waals surface area contributed by atoms with Crippen molar-refractivity contribution in [2.75, 3.05) is 0 Å². The number of ether oxygens (including phenoxy) is 2. The van der Waals surface area contributed by atoms with Crippen molar-refractivity contribution in [3.8, 4) is 11.5 Å². The van der Waals surface area contributed by atoms with Crippen LogP contribution in [0.15, 0.2) is 12.1 Å². The fourth-order valence-electron chi connectivity index (χ4n) is 1.65. The monoisotopic (exact) mass is 300 g/mol. The van der Waals surface area contributed by atoms with E-state index in [0.29, 0.717) is 6.61 Å². The minimum atomic E-state index is -1.12. The number of benzene rings is 1. The molecule has 0 bridgehead atoms. The molecule has 114 valence electrons. The molecular weight excluding hydrogens is 275 g/mol.